The number of benzene rings is 3. The van der Waals surface area contributed by atoms with Gasteiger partial charge in [-0.2, -0.15) is 0 Å². The van der Waals surface area contributed by atoms with Crippen LogP contribution in [0.1, 0.15) is 11.7 Å². The average molecular weight is 351 g/mol. The molecule has 0 radical (unpaired) electrons. The number of halogens is 1. The second-order valence-electron chi connectivity index (χ2n) is 5.32. The van der Waals surface area contributed by atoms with Gasteiger partial charge in [-0.3, -0.25) is 0 Å². The molecule has 3 heteroatoms. The number of fused-ring (bicyclic) bond motifs is 1. The van der Waals surface area contributed by atoms with E-state index in [0.717, 1.165) is 10.2 Å². The molecule has 0 fully saturated rings. The molecule has 3 aromatic carbocycles. The number of hydrogen-bond donors (Lipinski definition) is 1. The highest BCUT2D eigenvalue weighted by Gasteiger charge is 2.30. The molecule has 0 bridgehead atoms. The van der Waals surface area contributed by atoms with Gasteiger partial charge in [0.15, 0.2) is 0 Å². The fourth-order valence-electron chi connectivity index (χ4n) is 2.94. The molecular formula is C19H15BrN2. The predicted octanol–water partition coefficient (Wildman–Crippen LogP) is 5.71. The van der Waals surface area contributed by atoms with E-state index in [1.807, 2.05) is 0 Å². The molecule has 1 atom stereocenters. The molecule has 108 valence electrons. The lowest BCUT2D eigenvalue weighted by molar-refractivity contribution is 0.828. The van der Waals surface area contributed by atoms with Crippen LogP contribution in [0.2, 0.25) is 0 Å². The summed E-state index contributed by atoms with van der Waals surface area (Å²) in [6.07, 6.45) is 0.105. The van der Waals surface area contributed by atoms with Crippen molar-refractivity contribution < 1.29 is 0 Å². The van der Waals surface area contributed by atoms with Crippen molar-refractivity contribution in [2.45, 2.75) is 6.17 Å². The van der Waals surface area contributed by atoms with Crippen LogP contribution in [0, 0.1) is 0 Å². The standard InChI is InChI=1S/C19H15BrN2/c20-15-9-6-10-16(13-15)22-18-12-5-4-11-17(18)21-19(22)14-7-2-1-3-8-14/h1-13,19,21H. The third kappa shape index (κ3) is 2.28. The summed E-state index contributed by atoms with van der Waals surface area (Å²) in [5.74, 6) is 0. The molecule has 1 unspecified atom stereocenters. The third-order valence-electron chi connectivity index (χ3n) is 3.92. The lowest BCUT2D eigenvalue weighted by Gasteiger charge is -2.27. The predicted molar refractivity (Wildman–Crippen MR) is 95.5 cm³/mol. The van der Waals surface area contributed by atoms with Crippen LogP contribution in [0.25, 0.3) is 0 Å². The number of rotatable bonds is 2. The van der Waals surface area contributed by atoms with Gasteiger partial charge in [-0.25, -0.2) is 0 Å². The smallest absolute Gasteiger partial charge is 0.130 e. The van der Waals surface area contributed by atoms with Gasteiger partial charge in [0.05, 0.1) is 11.4 Å². The minimum atomic E-state index is 0.105. The third-order valence-corrected chi connectivity index (χ3v) is 4.41. The Balaban J connectivity index is 1.86. The van der Waals surface area contributed by atoms with Crippen molar-refractivity contribution in [3.05, 3.63) is 88.9 Å². The Kier molecular flexibility index (Phi) is 3.35. The molecule has 2 nitrogen and oxygen atoms in total. The van der Waals surface area contributed by atoms with E-state index in [4.69, 9.17) is 0 Å². The molecule has 0 saturated heterocycles. The van der Waals surface area contributed by atoms with E-state index in [1.165, 1.54) is 16.9 Å². The molecule has 0 aromatic heterocycles. The van der Waals surface area contributed by atoms with E-state index >= 15 is 0 Å². The maximum absolute atomic E-state index is 3.63. The first-order valence-corrected chi connectivity index (χ1v) is 8.07. The molecule has 1 heterocycles. The van der Waals surface area contributed by atoms with Crippen LogP contribution >= 0.6 is 15.9 Å². The van der Waals surface area contributed by atoms with Gasteiger partial charge in [-0.05, 0) is 35.9 Å². The van der Waals surface area contributed by atoms with Gasteiger partial charge in [0.1, 0.15) is 6.17 Å². The second kappa shape index (κ2) is 5.50. The minimum absolute atomic E-state index is 0.105. The number of nitrogens with one attached hydrogen (secondary N) is 1. The van der Waals surface area contributed by atoms with E-state index in [-0.39, 0.29) is 6.17 Å². The topological polar surface area (TPSA) is 15.3 Å². The van der Waals surface area contributed by atoms with Crippen LogP contribution in [-0.2, 0) is 0 Å². The Hall–Kier alpha value is -2.26. The van der Waals surface area contributed by atoms with Gasteiger partial charge < -0.3 is 10.2 Å². The average Bonchev–Trinajstić information content (AvgIpc) is 2.95. The number of hydrogen-bond acceptors (Lipinski definition) is 2. The fourth-order valence-corrected chi connectivity index (χ4v) is 3.33. The lowest BCUT2D eigenvalue weighted by atomic mass is 10.1. The molecule has 1 aliphatic rings. The van der Waals surface area contributed by atoms with E-state index < -0.39 is 0 Å². The zero-order valence-corrected chi connectivity index (χ0v) is 13.5. The largest absolute Gasteiger partial charge is 0.359 e. The normalized spacial score (nSPS) is 16.2. The van der Waals surface area contributed by atoms with Crippen LogP contribution < -0.4 is 10.2 Å². The Labute approximate surface area is 138 Å². The van der Waals surface area contributed by atoms with Crippen molar-refractivity contribution in [3.8, 4) is 0 Å². The second-order valence-corrected chi connectivity index (χ2v) is 6.24. The van der Waals surface area contributed by atoms with Gasteiger partial charge in [0.25, 0.3) is 0 Å². The number of nitrogens with zero attached hydrogens (tertiary/aromatic N) is 1. The summed E-state index contributed by atoms with van der Waals surface area (Å²) >= 11 is 3.58. The highest BCUT2D eigenvalue weighted by atomic mass is 79.9. The first kappa shape index (κ1) is 13.4. The molecule has 0 amide bonds. The minimum Gasteiger partial charge on any atom is -0.359 e. The first-order chi connectivity index (χ1) is 10.8. The van der Waals surface area contributed by atoms with Crippen molar-refractivity contribution in [3.63, 3.8) is 0 Å². The van der Waals surface area contributed by atoms with Crippen molar-refractivity contribution in [1.29, 1.82) is 0 Å². The van der Waals surface area contributed by atoms with E-state index in [1.54, 1.807) is 0 Å². The van der Waals surface area contributed by atoms with Gasteiger partial charge in [0, 0.05) is 10.2 Å². The molecule has 0 saturated carbocycles. The molecular weight excluding hydrogens is 336 g/mol. The molecule has 0 spiro atoms. The van der Waals surface area contributed by atoms with Crippen LogP contribution in [0.15, 0.2) is 83.3 Å². The zero-order chi connectivity index (χ0) is 14.9. The Morgan fingerprint density at radius 1 is 0.818 bits per heavy atom. The molecule has 1 aliphatic heterocycles. The molecule has 4 rings (SSSR count). The molecule has 1 N–H and O–H groups in total. The summed E-state index contributed by atoms with van der Waals surface area (Å²) in [6, 6.07) is 27.4. The van der Waals surface area contributed by atoms with Crippen LogP contribution in [0.3, 0.4) is 0 Å². The summed E-state index contributed by atoms with van der Waals surface area (Å²) in [7, 11) is 0. The molecule has 3 aromatic rings. The Bertz CT molecular complexity index is 801. The summed E-state index contributed by atoms with van der Waals surface area (Å²) in [6.45, 7) is 0. The van der Waals surface area contributed by atoms with Crippen LogP contribution in [-0.4, -0.2) is 0 Å². The monoisotopic (exact) mass is 350 g/mol. The van der Waals surface area contributed by atoms with Gasteiger partial charge >= 0.3 is 0 Å². The van der Waals surface area contributed by atoms with Crippen LogP contribution in [0.5, 0.6) is 0 Å². The molecule has 22 heavy (non-hydrogen) atoms. The van der Waals surface area contributed by atoms with E-state index in [2.05, 4.69) is 105 Å². The highest BCUT2D eigenvalue weighted by molar-refractivity contribution is 9.10. The number of anilines is 3. The zero-order valence-electron chi connectivity index (χ0n) is 11.9. The number of para-hydroxylation sites is 2. The maximum atomic E-state index is 3.63. The van der Waals surface area contributed by atoms with Crippen molar-refractivity contribution >= 4 is 33.0 Å². The van der Waals surface area contributed by atoms with Crippen molar-refractivity contribution in [2.75, 3.05) is 10.2 Å². The summed E-state index contributed by atoms with van der Waals surface area (Å²) in [5.41, 5.74) is 4.78. The van der Waals surface area contributed by atoms with Crippen LogP contribution in [0.4, 0.5) is 17.1 Å². The van der Waals surface area contributed by atoms with Gasteiger partial charge in [-0.1, -0.05) is 64.5 Å². The summed E-state index contributed by atoms with van der Waals surface area (Å²) in [4.78, 5) is 2.34. The van der Waals surface area contributed by atoms with Gasteiger partial charge in [-0.15, -0.1) is 0 Å². The highest BCUT2D eigenvalue weighted by Crippen LogP contribution is 2.45. The SMILES string of the molecule is Brc1cccc(N2c3ccccc3NC2c2ccccc2)c1. The summed E-state index contributed by atoms with van der Waals surface area (Å²) in [5, 5.41) is 3.63. The Morgan fingerprint density at radius 3 is 2.41 bits per heavy atom. The summed E-state index contributed by atoms with van der Waals surface area (Å²) < 4.78 is 1.08. The quantitative estimate of drug-likeness (QED) is 0.636. The van der Waals surface area contributed by atoms with Gasteiger partial charge in [0.2, 0.25) is 0 Å². The van der Waals surface area contributed by atoms with E-state index in [0.29, 0.717) is 0 Å². The molecule has 0 aliphatic carbocycles. The van der Waals surface area contributed by atoms with E-state index in [9.17, 15) is 0 Å². The lowest BCUT2D eigenvalue weighted by Crippen LogP contribution is -2.23. The maximum Gasteiger partial charge on any atom is 0.130 e. The van der Waals surface area contributed by atoms with Crippen molar-refractivity contribution in [1.82, 2.24) is 0 Å². The van der Waals surface area contributed by atoms with Crippen molar-refractivity contribution in [2.24, 2.45) is 0 Å². The Morgan fingerprint density at radius 2 is 1.59 bits per heavy atom. The fraction of sp³-hybridized carbons (Fsp3) is 0.0526. The first-order valence-electron chi connectivity index (χ1n) is 7.28.